The molecule has 1 aliphatic heterocycles. The molecule has 0 radical (unpaired) electrons. The average Bonchev–Trinajstić information content (AvgIpc) is 3.65. The van der Waals surface area contributed by atoms with E-state index in [9.17, 15) is 18.0 Å². The van der Waals surface area contributed by atoms with E-state index in [1.165, 1.54) is 21.1 Å². The zero-order valence-electron chi connectivity index (χ0n) is 22.0. The molecule has 212 valence electrons. The summed E-state index contributed by atoms with van der Waals surface area (Å²) in [5.74, 6) is -0.831. The van der Waals surface area contributed by atoms with Crippen molar-refractivity contribution in [2.45, 2.75) is 25.5 Å². The Morgan fingerprint density at radius 1 is 1.12 bits per heavy atom. The molecule has 2 fully saturated rings. The molecule has 0 atom stereocenters. The van der Waals surface area contributed by atoms with Crippen molar-refractivity contribution >= 4 is 38.9 Å². The van der Waals surface area contributed by atoms with Crippen LogP contribution in [0.5, 0.6) is 5.75 Å². The molecule has 2 heterocycles. The highest BCUT2D eigenvalue weighted by atomic mass is 35.5. The molecule has 13 heteroatoms. The third kappa shape index (κ3) is 5.93. The van der Waals surface area contributed by atoms with Crippen molar-refractivity contribution in [3.05, 3.63) is 75.2 Å². The molecule has 3 aromatic rings. The molecule has 1 amide bonds. The molecular weight excluding hydrogens is 556 g/mol. The van der Waals surface area contributed by atoms with Crippen molar-refractivity contribution in [2.24, 2.45) is 11.1 Å². The number of benzene rings is 2. The van der Waals surface area contributed by atoms with Crippen molar-refractivity contribution in [2.75, 3.05) is 43.4 Å². The average molecular weight is 587 g/mol. The second-order valence-corrected chi connectivity index (χ2v) is 13.0. The minimum atomic E-state index is -3.70. The molecule has 0 spiro atoms. The van der Waals surface area contributed by atoms with Gasteiger partial charge in [0.15, 0.2) is 0 Å². The topological polar surface area (TPSA) is 154 Å². The summed E-state index contributed by atoms with van der Waals surface area (Å²) < 4.78 is 35.2. The number of piperazine rings is 1. The number of anilines is 2. The van der Waals surface area contributed by atoms with Gasteiger partial charge in [-0.15, -0.1) is 0 Å². The second kappa shape index (κ2) is 10.8. The number of aromatic nitrogens is 2. The molecular formula is C27H31ClN6O5S. The van der Waals surface area contributed by atoms with E-state index in [4.69, 9.17) is 27.8 Å². The molecule has 1 saturated carbocycles. The van der Waals surface area contributed by atoms with Gasteiger partial charge in [0.2, 0.25) is 15.8 Å². The lowest BCUT2D eigenvalue weighted by Crippen LogP contribution is -2.49. The fraction of sp³-hybridized carbons (Fsp3) is 0.370. The van der Waals surface area contributed by atoms with Gasteiger partial charge in [-0.05, 0) is 48.7 Å². The van der Waals surface area contributed by atoms with E-state index < -0.39 is 21.5 Å². The Bertz CT molecular complexity index is 1610. The standard InChI is InChI=1S/C27H31ClN6O5S/c1-27(7-8-27)17-39-24-23(15-31-34(26(24)36)20-4-2-3-19(28)14-20)32-9-11-33(12-10-32)40(37,38)16-18-5-6-22(29)21(13-18)25(30)35/h2-6,13-15H,7-12,16-17,29H2,1H3,(H2,30,35). The number of primary amides is 1. The van der Waals surface area contributed by atoms with Crippen LogP contribution in [0.1, 0.15) is 35.7 Å². The van der Waals surface area contributed by atoms with E-state index in [0.29, 0.717) is 41.7 Å². The number of carbonyl (C=O) groups excluding carboxylic acids is 1. The maximum absolute atomic E-state index is 13.6. The number of nitrogens with zero attached hydrogens (tertiary/aromatic N) is 4. The molecule has 5 rings (SSSR count). The fourth-order valence-corrected chi connectivity index (χ4v) is 6.29. The van der Waals surface area contributed by atoms with Gasteiger partial charge in [-0.1, -0.05) is 30.7 Å². The number of ether oxygens (including phenoxy) is 1. The Hall–Kier alpha value is -3.61. The molecule has 2 aliphatic rings. The second-order valence-electron chi connectivity index (χ2n) is 10.6. The van der Waals surface area contributed by atoms with Crippen LogP contribution in [0, 0.1) is 5.41 Å². The Morgan fingerprint density at radius 2 is 1.85 bits per heavy atom. The Labute approximate surface area is 237 Å². The van der Waals surface area contributed by atoms with Crippen molar-refractivity contribution in [3.8, 4) is 11.4 Å². The summed E-state index contributed by atoms with van der Waals surface area (Å²) in [5.41, 5.74) is 12.5. The number of nitrogen functional groups attached to an aromatic ring is 1. The fourth-order valence-electron chi connectivity index (χ4n) is 4.60. The van der Waals surface area contributed by atoms with E-state index in [2.05, 4.69) is 12.0 Å². The normalized spacial score (nSPS) is 17.0. The maximum Gasteiger partial charge on any atom is 0.316 e. The van der Waals surface area contributed by atoms with E-state index >= 15 is 0 Å². The van der Waals surface area contributed by atoms with E-state index in [-0.39, 0.29) is 41.3 Å². The minimum Gasteiger partial charge on any atom is -0.486 e. The van der Waals surface area contributed by atoms with Gasteiger partial charge in [-0.3, -0.25) is 9.59 Å². The van der Waals surface area contributed by atoms with Crippen LogP contribution in [0.3, 0.4) is 0 Å². The zero-order chi connectivity index (χ0) is 28.7. The van der Waals surface area contributed by atoms with Gasteiger partial charge in [0.1, 0.15) is 5.69 Å². The van der Waals surface area contributed by atoms with Crippen LogP contribution in [0.2, 0.25) is 5.02 Å². The number of hydrogen-bond acceptors (Lipinski definition) is 8. The largest absolute Gasteiger partial charge is 0.486 e. The van der Waals surface area contributed by atoms with Crippen LogP contribution in [-0.4, -0.2) is 61.2 Å². The predicted octanol–water partition coefficient (Wildman–Crippen LogP) is 2.40. The number of amides is 1. The van der Waals surface area contributed by atoms with Gasteiger partial charge in [0, 0.05) is 42.3 Å². The first-order chi connectivity index (χ1) is 19.0. The number of rotatable bonds is 9. The monoisotopic (exact) mass is 586 g/mol. The summed E-state index contributed by atoms with van der Waals surface area (Å²) >= 11 is 6.14. The number of carbonyl (C=O) groups is 1. The van der Waals surface area contributed by atoms with E-state index in [0.717, 1.165) is 12.8 Å². The molecule has 0 unspecified atom stereocenters. The third-order valence-corrected chi connectivity index (χ3v) is 9.43. The highest BCUT2D eigenvalue weighted by Crippen LogP contribution is 2.45. The summed E-state index contributed by atoms with van der Waals surface area (Å²) in [4.78, 5) is 27.1. The quantitative estimate of drug-likeness (QED) is 0.362. The van der Waals surface area contributed by atoms with Gasteiger partial charge >= 0.3 is 5.56 Å². The number of nitrogens with two attached hydrogens (primary N) is 2. The molecule has 0 bridgehead atoms. The van der Waals surface area contributed by atoms with Crippen LogP contribution in [-0.2, 0) is 15.8 Å². The first-order valence-corrected chi connectivity index (χ1v) is 14.9. The predicted molar refractivity (Wildman–Crippen MR) is 153 cm³/mol. The molecule has 1 aromatic heterocycles. The molecule has 1 aliphatic carbocycles. The highest BCUT2D eigenvalue weighted by Gasteiger charge is 2.39. The summed E-state index contributed by atoms with van der Waals surface area (Å²) in [6.07, 6.45) is 3.64. The molecule has 40 heavy (non-hydrogen) atoms. The van der Waals surface area contributed by atoms with Crippen LogP contribution in [0.4, 0.5) is 11.4 Å². The van der Waals surface area contributed by atoms with Gasteiger partial charge < -0.3 is 21.1 Å². The summed E-state index contributed by atoms with van der Waals surface area (Å²) in [7, 11) is -3.70. The lowest BCUT2D eigenvalue weighted by Gasteiger charge is -2.35. The van der Waals surface area contributed by atoms with Crippen molar-refractivity contribution in [1.29, 1.82) is 0 Å². The minimum absolute atomic E-state index is 0.0388. The van der Waals surface area contributed by atoms with Crippen LogP contribution in [0.15, 0.2) is 53.5 Å². The third-order valence-electron chi connectivity index (χ3n) is 7.34. The molecule has 2 aromatic carbocycles. The van der Waals surface area contributed by atoms with Gasteiger partial charge in [-0.2, -0.15) is 14.1 Å². The number of hydrogen-bond donors (Lipinski definition) is 2. The summed E-state index contributed by atoms with van der Waals surface area (Å²) in [6.45, 7) is 3.59. The van der Waals surface area contributed by atoms with E-state index in [1.54, 1.807) is 36.5 Å². The first-order valence-electron chi connectivity index (χ1n) is 12.9. The lowest BCUT2D eigenvalue weighted by molar-refractivity contribution is 0.100. The Kier molecular flexibility index (Phi) is 7.51. The smallest absolute Gasteiger partial charge is 0.316 e. The van der Waals surface area contributed by atoms with Crippen LogP contribution < -0.4 is 26.7 Å². The highest BCUT2D eigenvalue weighted by molar-refractivity contribution is 7.88. The summed E-state index contributed by atoms with van der Waals surface area (Å²) in [6, 6.07) is 11.3. The van der Waals surface area contributed by atoms with Gasteiger partial charge in [0.05, 0.1) is 29.8 Å². The Morgan fingerprint density at radius 3 is 2.50 bits per heavy atom. The van der Waals surface area contributed by atoms with Crippen LogP contribution in [0.25, 0.3) is 5.69 Å². The van der Waals surface area contributed by atoms with Gasteiger partial charge in [-0.25, -0.2) is 8.42 Å². The zero-order valence-corrected chi connectivity index (χ0v) is 23.6. The lowest BCUT2D eigenvalue weighted by atomic mass is 10.1. The molecule has 11 nitrogen and oxygen atoms in total. The number of sulfonamides is 1. The van der Waals surface area contributed by atoms with Gasteiger partial charge in [0.25, 0.3) is 5.91 Å². The number of halogens is 1. The van der Waals surface area contributed by atoms with E-state index in [1.807, 2.05) is 4.90 Å². The molecule has 4 N–H and O–H groups in total. The Balaban J connectivity index is 1.35. The van der Waals surface area contributed by atoms with Crippen molar-refractivity contribution < 1.29 is 17.9 Å². The van der Waals surface area contributed by atoms with Crippen molar-refractivity contribution in [1.82, 2.24) is 14.1 Å². The SMILES string of the molecule is CC1(COc2c(N3CCN(S(=O)(=O)Cc4ccc(N)c(C(N)=O)c4)CC3)cnn(-c3cccc(Cl)c3)c2=O)CC1. The first kappa shape index (κ1) is 27.9. The molecule has 1 saturated heterocycles. The van der Waals surface area contributed by atoms with Crippen molar-refractivity contribution in [3.63, 3.8) is 0 Å². The maximum atomic E-state index is 13.6. The van der Waals surface area contributed by atoms with Crippen LogP contribution >= 0.6 is 11.6 Å². The summed E-state index contributed by atoms with van der Waals surface area (Å²) in [5, 5.41) is 4.86.